The molecule has 2 aromatic carbocycles. The number of imidazole rings is 1. The number of hydrogen-bond acceptors (Lipinski definition) is 6. The largest absolute Gasteiger partial charge is 0.481 e. The van der Waals surface area contributed by atoms with Crippen molar-refractivity contribution < 1.29 is 14.3 Å². The second kappa shape index (κ2) is 10.7. The summed E-state index contributed by atoms with van der Waals surface area (Å²) in [5.74, 6) is -0.836. The maximum absolute atomic E-state index is 13.8. The van der Waals surface area contributed by atoms with E-state index in [4.69, 9.17) is 11.6 Å². The quantitative estimate of drug-likeness (QED) is 0.256. The van der Waals surface area contributed by atoms with Crippen LogP contribution in [0.3, 0.4) is 0 Å². The maximum Gasteiger partial charge on any atom is 0.309 e. The average Bonchev–Trinajstić information content (AvgIpc) is 3.57. The van der Waals surface area contributed by atoms with Gasteiger partial charge in [0.15, 0.2) is 0 Å². The molecule has 39 heavy (non-hydrogen) atoms. The number of nitrogens with zero attached hydrogens (tertiary/aromatic N) is 7. The highest BCUT2D eigenvalue weighted by molar-refractivity contribution is 6.31. The van der Waals surface area contributed by atoms with Crippen molar-refractivity contribution in [3.63, 3.8) is 0 Å². The molecular weight excluding hydrogens is 521 g/mol. The predicted octanol–water partition coefficient (Wildman–Crippen LogP) is 5.61. The number of rotatable bonds is 9. The van der Waals surface area contributed by atoms with E-state index < -0.39 is 11.4 Å². The summed E-state index contributed by atoms with van der Waals surface area (Å²) in [6.07, 6.45) is 3.70. The van der Waals surface area contributed by atoms with Crippen molar-refractivity contribution in [2.45, 2.75) is 33.4 Å². The van der Waals surface area contributed by atoms with Crippen LogP contribution in [0.25, 0.3) is 34.0 Å². The fourth-order valence-corrected chi connectivity index (χ4v) is 4.24. The predicted molar refractivity (Wildman–Crippen MR) is 144 cm³/mol. The van der Waals surface area contributed by atoms with Crippen molar-refractivity contribution in [1.29, 1.82) is 0 Å². The fourth-order valence-electron chi connectivity index (χ4n) is 4.05. The van der Waals surface area contributed by atoms with E-state index in [1.807, 2.05) is 34.9 Å². The molecule has 0 saturated heterocycles. The number of tetrazole rings is 1. The van der Waals surface area contributed by atoms with Crippen LogP contribution in [0.4, 0.5) is 4.39 Å². The molecule has 0 aliphatic carbocycles. The third-order valence-corrected chi connectivity index (χ3v) is 6.85. The molecule has 5 rings (SSSR count). The highest BCUT2D eigenvalue weighted by Gasteiger charge is 2.27. The minimum Gasteiger partial charge on any atom is -0.481 e. The lowest BCUT2D eigenvalue weighted by atomic mass is 9.90. The van der Waals surface area contributed by atoms with Gasteiger partial charge in [0, 0.05) is 22.3 Å². The van der Waals surface area contributed by atoms with Crippen LogP contribution >= 0.6 is 11.6 Å². The maximum atomic E-state index is 13.8. The number of halogens is 2. The molecule has 0 saturated carbocycles. The van der Waals surface area contributed by atoms with E-state index >= 15 is 0 Å². The summed E-state index contributed by atoms with van der Waals surface area (Å²) in [4.78, 5) is 22.0. The van der Waals surface area contributed by atoms with Crippen LogP contribution in [0, 0.1) is 11.2 Å². The second-order valence-corrected chi connectivity index (χ2v) is 10.2. The Morgan fingerprint density at radius 2 is 1.82 bits per heavy atom. The lowest BCUT2D eigenvalue weighted by Crippen LogP contribution is -2.25. The zero-order valence-electron chi connectivity index (χ0n) is 21.3. The minimum atomic E-state index is -0.906. The van der Waals surface area contributed by atoms with E-state index in [0.29, 0.717) is 47.3 Å². The highest BCUT2D eigenvalue weighted by atomic mass is 35.5. The van der Waals surface area contributed by atoms with Crippen LogP contribution in [-0.4, -0.2) is 45.8 Å². The molecule has 0 amide bonds. The molecule has 1 N–H and O–H groups in total. The molecule has 5 aromatic rings. The van der Waals surface area contributed by atoms with Crippen molar-refractivity contribution in [2.75, 3.05) is 0 Å². The zero-order chi connectivity index (χ0) is 27.6. The van der Waals surface area contributed by atoms with Gasteiger partial charge in [-0.25, -0.2) is 9.37 Å². The van der Waals surface area contributed by atoms with Gasteiger partial charge in [-0.15, -0.1) is 10.2 Å². The molecule has 0 bridgehead atoms. The number of carboxylic acids is 1. The lowest BCUT2D eigenvalue weighted by Gasteiger charge is -2.17. The van der Waals surface area contributed by atoms with Crippen LogP contribution in [0.2, 0.25) is 5.02 Å². The fraction of sp³-hybridized carbons (Fsp3) is 0.214. The molecule has 3 heterocycles. The van der Waals surface area contributed by atoms with E-state index in [2.05, 4.69) is 25.4 Å². The van der Waals surface area contributed by atoms with Gasteiger partial charge in [-0.3, -0.25) is 9.78 Å². The lowest BCUT2D eigenvalue weighted by molar-refractivity contribution is -0.147. The van der Waals surface area contributed by atoms with E-state index in [1.54, 1.807) is 44.6 Å². The number of pyridine rings is 1. The summed E-state index contributed by atoms with van der Waals surface area (Å²) in [6, 6.07) is 17.4. The van der Waals surface area contributed by atoms with Crippen molar-refractivity contribution in [1.82, 2.24) is 34.7 Å². The van der Waals surface area contributed by atoms with E-state index in [1.165, 1.54) is 16.9 Å². The van der Waals surface area contributed by atoms with Crippen LogP contribution in [0.1, 0.15) is 25.8 Å². The van der Waals surface area contributed by atoms with Crippen molar-refractivity contribution >= 4 is 17.6 Å². The summed E-state index contributed by atoms with van der Waals surface area (Å²) in [7, 11) is 0. The Hall–Kier alpha value is -4.44. The van der Waals surface area contributed by atoms with Gasteiger partial charge in [0.05, 0.1) is 36.2 Å². The number of aromatic nitrogens is 7. The van der Waals surface area contributed by atoms with Gasteiger partial charge in [-0.05, 0) is 73.5 Å². The summed E-state index contributed by atoms with van der Waals surface area (Å²) in [5, 5.41) is 22.7. The van der Waals surface area contributed by atoms with Crippen molar-refractivity contribution in [3.8, 4) is 34.0 Å². The first-order valence-corrected chi connectivity index (χ1v) is 12.6. The standard InChI is InChI=1S/C28H25ClFN7O2/c1-28(2,27(38)39)12-14-37-34-26(33-35-37)19-11-13-31-23(15-19)24-25(18-7-9-21(30)10-8-18)36(17-32-24)16-20-5-3-4-6-22(20)29/h3-11,13,15,17H,12,14,16H2,1-2H3,(H,38,39). The van der Waals surface area contributed by atoms with Gasteiger partial charge >= 0.3 is 5.97 Å². The summed E-state index contributed by atoms with van der Waals surface area (Å²) in [6.45, 7) is 4.09. The van der Waals surface area contributed by atoms with Gasteiger partial charge in [-0.1, -0.05) is 29.8 Å². The molecule has 9 nitrogen and oxygen atoms in total. The normalized spacial score (nSPS) is 11.6. The van der Waals surface area contributed by atoms with Crippen LogP contribution in [-0.2, 0) is 17.9 Å². The van der Waals surface area contributed by atoms with Crippen LogP contribution in [0.5, 0.6) is 0 Å². The molecule has 0 unspecified atom stereocenters. The second-order valence-electron chi connectivity index (χ2n) is 9.75. The number of carbonyl (C=O) groups is 1. The average molecular weight is 546 g/mol. The number of aryl methyl sites for hydroxylation is 1. The molecule has 0 atom stereocenters. The molecule has 0 spiro atoms. The smallest absolute Gasteiger partial charge is 0.309 e. The number of benzene rings is 2. The molecule has 0 aliphatic rings. The minimum absolute atomic E-state index is 0.311. The Labute approximate surface area is 228 Å². The first-order chi connectivity index (χ1) is 18.7. The number of aliphatic carboxylic acids is 1. The van der Waals surface area contributed by atoms with Crippen LogP contribution < -0.4 is 0 Å². The molecular formula is C28H25ClFN7O2. The molecule has 198 valence electrons. The third kappa shape index (κ3) is 5.70. The third-order valence-electron chi connectivity index (χ3n) is 6.48. The molecule has 0 fully saturated rings. The first-order valence-electron chi connectivity index (χ1n) is 12.2. The Bertz CT molecular complexity index is 1630. The van der Waals surface area contributed by atoms with Crippen LogP contribution in [0.15, 0.2) is 73.2 Å². The Morgan fingerprint density at radius 3 is 2.56 bits per heavy atom. The Kier molecular flexibility index (Phi) is 7.21. The zero-order valence-corrected chi connectivity index (χ0v) is 22.0. The molecule has 0 radical (unpaired) electrons. The number of hydrogen-bond donors (Lipinski definition) is 1. The SMILES string of the molecule is CC(C)(CCn1nnc(-c2ccnc(-c3ncn(Cc4ccccc4Cl)c3-c3ccc(F)cc3)c2)n1)C(=O)O. The topological polar surface area (TPSA) is 112 Å². The summed E-state index contributed by atoms with van der Waals surface area (Å²) in [5.41, 5.74) is 3.39. The first kappa shape index (κ1) is 26.2. The summed E-state index contributed by atoms with van der Waals surface area (Å²) >= 11 is 6.42. The van der Waals surface area contributed by atoms with E-state index in [-0.39, 0.29) is 5.82 Å². The monoisotopic (exact) mass is 545 g/mol. The molecule has 0 aliphatic heterocycles. The van der Waals surface area contributed by atoms with E-state index in [0.717, 1.165) is 16.8 Å². The highest BCUT2D eigenvalue weighted by Crippen LogP contribution is 2.33. The van der Waals surface area contributed by atoms with Gasteiger partial charge < -0.3 is 9.67 Å². The molecule has 11 heteroatoms. The van der Waals surface area contributed by atoms with Crippen molar-refractivity contribution in [2.24, 2.45) is 5.41 Å². The number of carboxylic acid groups (broad SMARTS) is 1. The van der Waals surface area contributed by atoms with Gasteiger partial charge in [0.1, 0.15) is 11.5 Å². The Morgan fingerprint density at radius 1 is 1.05 bits per heavy atom. The molecule has 3 aromatic heterocycles. The Balaban J connectivity index is 1.49. The van der Waals surface area contributed by atoms with Gasteiger partial charge in [-0.2, -0.15) is 4.80 Å². The van der Waals surface area contributed by atoms with Gasteiger partial charge in [0.2, 0.25) is 5.82 Å². The van der Waals surface area contributed by atoms with Crippen molar-refractivity contribution in [3.05, 3.63) is 89.6 Å². The summed E-state index contributed by atoms with van der Waals surface area (Å²) < 4.78 is 15.7. The van der Waals surface area contributed by atoms with Gasteiger partial charge in [0.25, 0.3) is 0 Å². The van der Waals surface area contributed by atoms with E-state index in [9.17, 15) is 14.3 Å².